The molecule has 35 heavy (non-hydrogen) atoms. The van der Waals surface area contributed by atoms with Crippen LogP contribution in [0.1, 0.15) is 56.0 Å². The molecule has 1 aliphatic carbocycles. The van der Waals surface area contributed by atoms with Crippen LogP contribution in [0, 0.1) is 22.2 Å². The van der Waals surface area contributed by atoms with Gasteiger partial charge in [0.2, 0.25) is 5.91 Å². The molecule has 2 bridgehead atoms. The summed E-state index contributed by atoms with van der Waals surface area (Å²) in [5.41, 5.74) is 14.4. The maximum atomic E-state index is 13.1. The van der Waals surface area contributed by atoms with Gasteiger partial charge in [-0.15, -0.1) is 11.3 Å². The number of nitrogens with two attached hydrogens (primary N) is 2. The summed E-state index contributed by atoms with van der Waals surface area (Å²) in [6.45, 7) is 8.24. The fourth-order valence-corrected chi connectivity index (χ4v) is 7.69. The number of nitrogens with zero attached hydrogens (tertiary/aromatic N) is 5. The monoisotopic (exact) mass is 487 g/mol. The van der Waals surface area contributed by atoms with Gasteiger partial charge in [-0.2, -0.15) is 5.26 Å². The standard InChI is InChI=1S/C26H29N7OS/c1-25(2)8-14-9-26(3,12-25)13-33(14)24-17(10-27)19-16-7-18(34)32(11-15-5-4-6-35-15)23(16)30-21(28)20(19)22(29)31-24/h4-6,14H,7-9,11-13H2,1-3H3,(H2,28,30)(H2,29,31). The number of rotatable bonds is 3. The highest BCUT2D eigenvalue weighted by Gasteiger charge is 2.50. The normalized spacial score (nSPS) is 24.7. The number of fused-ring (bicyclic) bond motifs is 5. The van der Waals surface area contributed by atoms with Crippen molar-refractivity contribution in [3.05, 3.63) is 33.5 Å². The van der Waals surface area contributed by atoms with Crippen LogP contribution in [0.2, 0.25) is 0 Å². The van der Waals surface area contributed by atoms with Gasteiger partial charge in [0.1, 0.15) is 34.9 Å². The number of nitriles is 1. The second kappa shape index (κ2) is 7.31. The predicted molar refractivity (Wildman–Crippen MR) is 139 cm³/mol. The number of aromatic nitrogens is 2. The van der Waals surface area contributed by atoms with Crippen molar-refractivity contribution < 1.29 is 4.79 Å². The molecule has 9 heteroatoms. The molecule has 1 saturated carbocycles. The number of carbonyl (C=O) groups excluding carboxylic acids is 1. The summed E-state index contributed by atoms with van der Waals surface area (Å²) in [6.07, 6.45) is 3.41. The van der Waals surface area contributed by atoms with Gasteiger partial charge in [-0.25, -0.2) is 9.97 Å². The van der Waals surface area contributed by atoms with E-state index in [0.29, 0.717) is 40.6 Å². The van der Waals surface area contributed by atoms with Crippen molar-refractivity contribution in [3.8, 4) is 6.07 Å². The molecule has 3 aromatic heterocycles. The molecule has 2 fully saturated rings. The van der Waals surface area contributed by atoms with Crippen molar-refractivity contribution in [3.63, 3.8) is 0 Å². The molecule has 1 amide bonds. The fourth-order valence-electron chi connectivity index (χ4n) is 7.00. The number of hydrogen-bond acceptors (Lipinski definition) is 8. The molecular formula is C26H29N7OS. The first kappa shape index (κ1) is 22.1. The van der Waals surface area contributed by atoms with Gasteiger partial charge in [-0.05, 0) is 41.5 Å². The maximum absolute atomic E-state index is 13.1. The van der Waals surface area contributed by atoms with Crippen LogP contribution in [0.3, 0.4) is 0 Å². The van der Waals surface area contributed by atoms with E-state index in [1.807, 2.05) is 17.5 Å². The lowest BCUT2D eigenvalue weighted by atomic mass is 9.65. The van der Waals surface area contributed by atoms with Crippen molar-refractivity contribution in [2.24, 2.45) is 10.8 Å². The fraction of sp³-hybridized carbons (Fsp3) is 0.462. The van der Waals surface area contributed by atoms with Gasteiger partial charge < -0.3 is 16.4 Å². The molecule has 5 heterocycles. The van der Waals surface area contributed by atoms with Gasteiger partial charge in [0.05, 0.1) is 18.4 Å². The van der Waals surface area contributed by atoms with E-state index in [4.69, 9.17) is 16.5 Å². The average molecular weight is 488 g/mol. The number of amides is 1. The summed E-state index contributed by atoms with van der Waals surface area (Å²) in [5.74, 6) is 1.54. The van der Waals surface area contributed by atoms with E-state index >= 15 is 0 Å². The zero-order chi connectivity index (χ0) is 24.7. The minimum atomic E-state index is -0.0556. The molecule has 2 aliphatic heterocycles. The summed E-state index contributed by atoms with van der Waals surface area (Å²) in [7, 11) is 0. The van der Waals surface area contributed by atoms with E-state index in [2.05, 4.69) is 36.7 Å². The van der Waals surface area contributed by atoms with Crippen LogP contribution >= 0.6 is 11.3 Å². The third kappa shape index (κ3) is 3.34. The zero-order valence-corrected chi connectivity index (χ0v) is 21.1. The molecule has 180 valence electrons. The van der Waals surface area contributed by atoms with Crippen molar-refractivity contribution in [2.75, 3.05) is 27.8 Å². The predicted octanol–water partition coefficient (Wildman–Crippen LogP) is 4.22. The topological polar surface area (TPSA) is 125 Å². The Morgan fingerprint density at radius 2 is 1.91 bits per heavy atom. The van der Waals surface area contributed by atoms with Crippen molar-refractivity contribution in [2.45, 2.75) is 59.0 Å². The highest BCUT2D eigenvalue weighted by Crippen LogP contribution is 2.54. The first-order valence-electron chi connectivity index (χ1n) is 12.0. The van der Waals surface area contributed by atoms with Gasteiger partial charge in [-0.1, -0.05) is 26.8 Å². The van der Waals surface area contributed by atoms with Crippen molar-refractivity contribution in [1.82, 2.24) is 9.97 Å². The van der Waals surface area contributed by atoms with Crippen LogP contribution in [-0.4, -0.2) is 28.5 Å². The molecule has 0 radical (unpaired) electrons. The lowest BCUT2D eigenvalue weighted by Gasteiger charge is -2.39. The van der Waals surface area contributed by atoms with E-state index in [1.54, 1.807) is 16.2 Å². The Bertz CT molecular complexity index is 1420. The Kier molecular flexibility index (Phi) is 4.62. The second-order valence-electron chi connectivity index (χ2n) is 11.4. The van der Waals surface area contributed by atoms with Crippen LogP contribution in [0.4, 0.5) is 23.3 Å². The highest BCUT2D eigenvalue weighted by molar-refractivity contribution is 7.09. The summed E-state index contributed by atoms with van der Waals surface area (Å²) in [6, 6.07) is 6.67. The van der Waals surface area contributed by atoms with E-state index < -0.39 is 0 Å². The Hall–Kier alpha value is -3.38. The molecule has 3 aliphatic rings. The molecular weight excluding hydrogens is 458 g/mol. The molecule has 2 unspecified atom stereocenters. The highest BCUT2D eigenvalue weighted by atomic mass is 32.1. The number of anilines is 4. The average Bonchev–Trinajstić information content (AvgIpc) is 3.45. The van der Waals surface area contributed by atoms with Gasteiger partial charge in [0, 0.05) is 28.4 Å². The first-order chi connectivity index (χ1) is 16.6. The third-order valence-electron chi connectivity index (χ3n) is 7.84. The van der Waals surface area contributed by atoms with E-state index in [-0.39, 0.29) is 34.8 Å². The summed E-state index contributed by atoms with van der Waals surface area (Å²) < 4.78 is 0. The minimum absolute atomic E-state index is 0.0556. The summed E-state index contributed by atoms with van der Waals surface area (Å²) in [4.78, 5) is 27.4. The Morgan fingerprint density at radius 1 is 1.17 bits per heavy atom. The van der Waals surface area contributed by atoms with Crippen LogP contribution in [0.25, 0.3) is 10.8 Å². The zero-order valence-electron chi connectivity index (χ0n) is 20.3. The largest absolute Gasteiger partial charge is 0.383 e. The minimum Gasteiger partial charge on any atom is -0.383 e. The number of carbonyl (C=O) groups is 1. The van der Waals surface area contributed by atoms with Crippen molar-refractivity contribution in [1.29, 1.82) is 5.26 Å². The first-order valence-corrected chi connectivity index (χ1v) is 12.9. The van der Waals surface area contributed by atoms with Gasteiger partial charge >= 0.3 is 0 Å². The van der Waals surface area contributed by atoms with Crippen LogP contribution in [0.15, 0.2) is 17.5 Å². The quantitative estimate of drug-likeness (QED) is 0.566. The molecule has 1 saturated heterocycles. The maximum Gasteiger partial charge on any atom is 0.233 e. The smallest absolute Gasteiger partial charge is 0.233 e. The third-order valence-corrected chi connectivity index (χ3v) is 8.70. The van der Waals surface area contributed by atoms with Crippen molar-refractivity contribution >= 4 is 51.3 Å². The lowest BCUT2D eigenvalue weighted by molar-refractivity contribution is -0.117. The second-order valence-corrected chi connectivity index (χ2v) is 12.5. The molecule has 0 aromatic carbocycles. The Balaban J connectivity index is 1.54. The molecule has 2 atom stereocenters. The molecule has 3 aromatic rings. The van der Waals surface area contributed by atoms with E-state index in [0.717, 1.165) is 36.2 Å². The van der Waals surface area contributed by atoms with E-state index in [9.17, 15) is 10.1 Å². The van der Waals surface area contributed by atoms with Crippen LogP contribution < -0.4 is 21.3 Å². The molecule has 6 rings (SSSR count). The van der Waals surface area contributed by atoms with Gasteiger partial charge in [0.25, 0.3) is 0 Å². The summed E-state index contributed by atoms with van der Waals surface area (Å²) in [5, 5.41) is 13.5. The number of thiophene rings is 1. The SMILES string of the molecule is CC1(C)CC2CC(C)(CN2c2nc(N)c3c(N)nc4c(c3c2C#N)CC(=O)N4Cc2cccs2)C1. The lowest BCUT2D eigenvalue weighted by Crippen LogP contribution is -2.35. The molecule has 8 nitrogen and oxygen atoms in total. The number of nitrogen functional groups attached to an aromatic ring is 2. The summed E-state index contributed by atoms with van der Waals surface area (Å²) >= 11 is 1.59. The molecule has 4 N–H and O–H groups in total. The molecule has 0 spiro atoms. The van der Waals surface area contributed by atoms with Crippen LogP contribution in [-0.2, 0) is 17.8 Å². The Labute approximate surface area is 208 Å². The number of pyridine rings is 2. The van der Waals surface area contributed by atoms with E-state index in [1.165, 1.54) is 0 Å². The van der Waals surface area contributed by atoms with Crippen LogP contribution in [0.5, 0.6) is 0 Å². The Morgan fingerprint density at radius 3 is 2.60 bits per heavy atom. The van der Waals surface area contributed by atoms with Gasteiger partial charge in [0.15, 0.2) is 0 Å². The van der Waals surface area contributed by atoms with Gasteiger partial charge in [-0.3, -0.25) is 9.69 Å². The number of hydrogen-bond donors (Lipinski definition) is 2.